The minimum Gasteiger partial charge on any atom is -0.315 e. The SMILES string of the molecule is CCNC(C)(C#N)CCCN1CCn2cnnc2C1. The Kier molecular flexibility index (Phi) is 4.51. The first-order valence-electron chi connectivity index (χ1n) is 6.92. The summed E-state index contributed by atoms with van der Waals surface area (Å²) in [6.07, 6.45) is 3.69. The Balaban J connectivity index is 1.77. The zero-order valence-corrected chi connectivity index (χ0v) is 11.8. The molecule has 0 saturated heterocycles. The van der Waals surface area contributed by atoms with Gasteiger partial charge in [-0.05, 0) is 32.9 Å². The molecule has 1 unspecified atom stereocenters. The topological polar surface area (TPSA) is 69.8 Å². The van der Waals surface area contributed by atoms with Gasteiger partial charge in [0.25, 0.3) is 0 Å². The standard InChI is InChI=1S/C13H22N6/c1-3-15-13(2,10-14)5-4-6-18-7-8-19-11-16-17-12(19)9-18/h11,15H,3-9H2,1-2H3. The number of hydrogen-bond acceptors (Lipinski definition) is 5. The molecule has 0 amide bonds. The van der Waals surface area contributed by atoms with E-state index in [0.717, 1.165) is 51.4 Å². The number of rotatable bonds is 6. The molecule has 1 aliphatic rings. The Morgan fingerprint density at radius 3 is 3.11 bits per heavy atom. The molecule has 1 N–H and O–H groups in total. The van der Waals surface area contributed by atoms with Crippen molar-refractivity contribution in [3.05, 3.63) is 12.2 Å². The molecule has 2 rings (SSSR count). The lowest BCUT2D eigenvalue weighted by Crippen LogP contribution is -2.42. The van der Waals surface area contributed by atoms with E-state index in [9.17, 15) is 5.26 Å². The number of aromatic nitrogens is 3. The molecular weight excluding hydrogens is 240 g/mol. The second-order valence-electron chi connectivity index (χ2n) is 5.29. The fraction of sp³-hybridized carbons (Fsp3) is 0.769. The number of hydrogen-bond donors (Lipinski definition) is 1. The third-order valence-corrected chi connectivity index (χ3v) is 3.68. The van der Waals surface area contributed by atoms with Gasteiger partial charge in [0.05, 0.1) is 12.6 Å². The van der Waals surface area contributed by atoms with Gasteiger partial charge in [-0.15, -0.1) is 10.2 Å². The summed E-state index contributed by atoms with van der Waals surface area (Å²) >= 11 is 0. The molecule has 1 aliphatic heterocycles. The molecule has 0 aliphatic carbocycles. The van der Waals surface area contributed by atoms with Crippen molar-refractivity contribution in [2.75, 3.05) is 19.6 Å². The van der Waals surface area contributed by atoms with Crippen LogP contribution in [0.2, 0.25) is 0 Å². The van der Waals surface area contributed by atoms with E-state index < -0.39 is 5.54 Å². The van der Waals surface area contributed by atoms with Crippen molar-refractivity contribution in [2.45, 2.75) is 45.3 Å². The molecule has 0 saturated carbocycles. The summed E-state index contributed by atoms with van der Waals surface area (Å²) in [4.78, 5) is 2.38. The summed E-state index contributed by atoms with van der Waals surface area (Å²) in [5, 5.41) is 20.5. The Bertz CT molecular complexity index is 448. The van der Waals surface area contributed by atoms with Crippen molar-refractivity contribution in [1.82, 2.24) is 25.0 Å². The van der Waals surface area contributed by atoms with Crippen LogP contribution in [0.3, 0.4) is 0 Å². The highest BCUT2D eigenvalue weighted by Gasteiger charge is 2.23. The van der Waals surface area contributed by atoms with E-state index in [2.05, 4.69) is 31.1 Å². The Morgan fingerprint density at radius 1 is 1.53 bits per heavy atom. The lowest BCUT2D eigenvalue weighted by molar-refractivity contribution is 0.207. The average Bonchev–Trinajstić information content (AvgIpc) is 2.86. The van der Waals surface area contributed by atoms with Crippen LogP contribution in [0.15, 0.2) is 6.33 Å². The van der Waals surface area contributed by atoms with E-state index in [1.807, 2.05) is 13.8 Å². The normalized spacial score (nSPS) is 18.6. The van der Waals surface area contributed by atoms with Crippen LogP contribution in [0.5, 0.6) is 0 Å². The van der Waals surface area contributed by atoms with E-state index in [1.165, 1.54) is 0 Å². The largest absolute Gasteiger partial charge is 0.315 e. The first-order chi connectivity index (χ1) is 9.17. The Morgan fingerprint density at radius 2 is 2.37 bits per heavy atom. The second kappa shape index (κ2) is 6.13. The smallest absolute Gasteiger partial charge is 0.147 e. The molecular formula is C13H22N6. The van der Waals surface area contributed by atoms with Crippen LogP contribution in [0, 0.1) is 11.3 Å². The van der Waals surface area contributed by atoms with Gasteiger partial charge < -0.3 is 4.57 Å². The van der Waals surface area contributed by atoms with Gasteiger partial charge >= 0.3 is 0 Å². The quantitative estimate of drug-likeness (QED) is 0.820. The number of nitrogens with one attached hydrogen (secondary N) is 1. The molecule has 0 bridgehead atoms. The van der Waals surface area contributed by atoms with Gasteiger partial charge in [0.2, 0.25) is 0 Å². The average molecular weight is 262 g/mol. The van der Waals surface area contributed by atoms with Crippen LogP contribution >= 0.6 is 0 Å². The van der Waals surface area contributed by atoms with E-state index in [0.29, 0.717) is 0 Å². The zero-order chi connectivity index (χ0) is 13.7. The highest BCUT2D eigenvalue weighted by molar-refractivity contribution is 5.03. The van der Waals surface area contributed by atoms with Gasteiger partial charge in [-0.1, -0.05) is 6.92 Å². The van der Waals surface area contributed by atoms with Gasteiger partial charge in [0.15, 0.2) is 0 Å². The Labute approximate surface area is 114 Å². The van der Waals surface area contributed by atoms with Gasteiger partial charge in [0.1, 0.15) is 17.7 Å². The Hall–Kier alpha value is -1.45. The summed E-state index contributed by atoms with van der Waals surface area (Å²) in [7, 11) is 0. The highest BCUT2D eigenvalue weighted by atomic mass is 15.3. The van der Waals surface area contributed by atoms with E-state index in [4.69, 9.17) is 0 Å². The summed E-state index contributed by atoms with van der Waals surface area (Å²) in [6.45, 7) is 8.72. The fourth-order valence-electron chi connectivity index (χ4n) is 2.54. The van der Waals surface area contributed by atoms with E-state index in [1.54, 1.807) is 6.33 Å². The van der Waals surface area contributed by atoms with Crippen molar-refractivity contribution in [1.29, 1.82) is 5.26 Å². The monoisotopic (exact) mass is 262 g/mol. The molecule has 1 aromatic rings. The molecule has 0 radical (unpaired) electrons. The third kappa shape index (κ3) is 3.52. The summed E-state index contributed by atoms with van der Waals surface area (Å²) in [6, 6.07) is 2.37. The fourth-order valence-corrected chi connectivity index (χ4v) is 2.54. The molecule has 6 heteroatoms. The molecule has 2 heterocycles. The number of fused-ring (bicyclic) bond motifs is 1. The van der Waals surface area contributed by atoms with Crippen LogP contribution in [-0.2, 0) is 13.1 Å². The maximum Gasteiger partial charge on any atom is 0.147 e. The maximum atomic E-state index is 9.21. The molecule has 0 aromatic carbocycles. The van der Waals surface area contributed by atoms with Gasteiger partial charge in [0, 0.05) is 13.1 Å². The molecule has 0 fully saturated rings. The van der Waals surface area contributed by atoms with Crippen LogP contribution in [0.1, 0.15) is 32.5 Å². The van der Waals surface area contributed by atoms with Crippen LogP contribution in [-0.4, -0.2) is 44.8 Å². The zero-order valence-electron chi connectivity index (χ0n) is 11.8. The van der Waals surface area contributed by atoms with Crippen molar-refractivity contribution >= 4 is 0 Å². The molecule has 1 aromatic heterocycles. The molecule has 6 nitrogen and oxygen atoms in total. The number of nitrogens with zero attached hydrogens (tertiary/aromatic N) is 5. The predicted octanol–water partition coefficient (Wildman–Crippen LogP) is 0.766. The van der Waals surface area contributed by atoms with Crippen molar-refractivity contribution in [3.63, 3.8) is 0 Å². The van der Waals surface area contributed by atoms with Crippen LogP contribution in [0.25, 0.3) is 0 Å². The van der Waals surface area contributed by atoms with Gasteiger partial charge in [-0.25, -0.2) is 0 Å². The molecule has 1 atom stereocenters. The van der Waals surface area contributed by atoms with Crippen molar-refractivity contribution < 1.29 is 0 Å². The van der Waals surface area contributed by atoms with Crippen molar-refractivity contribution in [3.8, 4) is 6.07 Å². The molecule has 0 spiro atoms. The maximum absolute atomic E-state index is 9.21. The van der Waals surface area contributed by atoms with E-state index in [-0.39, 0.29) is 0 Å². The van der Waals surface area contributed by atoms with Crippen molar-refractivity contribution in [2.24, 2.45) is 0 Å². The van der Waals surface area contributed by atoms with E-state index >= 15 is 0 Å². The van der Waals surface area contributed by atoms with Crippen LogP contribution < -0.4 is 5.32 Å². The summed E-state index contributed by atoms with van der Waals surface area (Å²) < 4.78 is 2.11. The van der Waals surface area contributed by atoms with Gasteiger partial charge in [-0.3, -0.25) is 10.2 Å². The molecule has 104 valence electrons. The first kappa shape index (κ1) is 14.0. The third-order valence-electron chi connectivity index (χ3n) is 3.68. The highest BCUT2D eigenvalue weighted by Crippen LogP contribution is 2.14. The lowest BCUT2D eigenvalue weighted by Gasteiger charge is -2.28. The molecule has 19 heavy (non-hydrogen) atoms. The minimum absolute atomic E-state index is 0.398. The first-order valence-corrected chi connectivity index (χ1v) is 6.92. The van der Waals surface area contributed by atoms with Gasteiger partial charge in [-0.2, -0.15) is 5.26 Å². The lowest BCUT2D eigenvalue weighted by atomic mass is 9.97. The predicted molar refractivity (Wildman–Crippen MR) is 72.2 cm³/mol. The minimum atomic E-state index is -0.398. The summed E-state index contributed by atoms with van der Waals surface area (Å²) in [5.74, 6) is 1.04. The second-order valence-corrected chi connectivity index (χ2v) is 5.29. The van der Waals surface area contributed by atoms with Crippen LogP contribution in [0.4, 0.5) is 0 Å². The summed E-state index contributed by atoms with van der Waals surface area (Å²) in [5.41, 5.74) is -0.398. The number of nitriles is 1.